The van der Waals surface area contributed by atoms with Crippen LogP contribution in [0.1, 0.15) is 36.8 Å². The van der Waals surface area contributed by atoms with E-state index in [1.165, 1.54) is 0 Å². The summed E-state index contributed by atoms with van der Waals surface area (Å²) in [6.45, 7) is 1.94. The highest BCUT2D eigenvalue weighted by Gasteiger charge is 2.36. The molecule has 1 aliphatic rings. The second-order valence-electron chi connectivity index (χ2n) is 5.66. The van der Waals surface area contributed by atoms with Crippen molar-refractivity contribution < 1.29 is 4.79 Å². The van der Waals surface area contributed by atoms with E-state index in [4.69, 9.17) is 0 Å². The molecule has 1 aromatic carbocycles. The minimum atomic E-state index is -0.0208. The van der Waals surface area contributed by atoms with Gasteiger partial charge < -0.3 is 9.88 Å². The molecule has 1 aliphatic carbocycles. The van der Waals surface area contributed by atoms with E-state index in [0.29, 0.717) is 0 Å². The van der Waals surface area contributed by atoms with Crippen LogP contribution >= 0.6 is 0 Å². The van der Waals surface area contributed by atoms with Gasteiger partial charge in [0.2, 0.25) is 5.91 Å². The number of carbonyl (C=O) groups is 1. The zero-order valence-corrected chi connectivity index (χ0v) is 12.4. The summed E-state index contributed by atoms with van der Waals surface area (Å²) < 4.78 is 2.00. The Morgan fingerprint density at radius 2 is 2.00 bits per heavy atom. The normalized spacial score (nSPS) is 21.4. The standard InChI is InChI=1S/C16H20N4O/c1-11-18-19-15(20(11)2)13-9-6-10-14(13)16(21)17-12-7-4-3-5-8-12/h3-5,7-8,13-14H,6,9-10H2,1-2H3,(H,17,21)/t13-,14-/m0/s1. The van der Waals surface area contributed by atoms with Gasteiger partial charge in [-0.25, -0.2) is 0 Å². The van der Waals surface area contributed by atoms with E-state index >= 15 is 0 Å². The molecular formula is C16H20N4O. The molecule has 0 aliphatic heterocycles. The van der Waals surface area contributed by atoms with Crippen LogP contribution in [0.25, 0.3) is 0 Å². The molecule has 110 valence electrons. The minimum Gasteiger partial charge on any atom is -0.326 e. The van der Waals surface area contributed by atoms with E-state index in [2.05, 4.69) is 15.5 Å². The maximum absolute atomic E-state index is 12.5. The number of hydrogen-bond acceptors (Lipinski definition) is 3. The third kappa shape index (κ3) is 2.68. The Kier molecular flexibility index (Phi) is 3.73. The zero-order valence-electron chi connectivity index (χ0n) is 12.4. The van der Waals surface area contributed by atoms with Crippen molar-refractivity contribution in [1.29, 1.82) is 0 Å². The van der Waals surface area contributed by atoms with Crippen LogP contribution in [-0.2, 0) is 11.8 Å². The molecule has 1 amide bonds. The van der Waals surface area contributed by atoms with Gasteiger partial charge in [0.1, 0.15) is 11.6 Å². The molecule has 1 saturated carbocycles. The number of hydrogen-bond donors (Lipinski definition) is 1. The van der Waals surface area contributed by atoms with Crippen LogP contribution in [0.2, 0.25) is 0 Å². The molecule has 2 aromatic rings. The van der Waals surface area contributed by atoms with Gasteiger partial charge in [-0.3, -0.25) is 4.79 Å². The average molecular weight is 284 g/mol. The van der Waals surface area contributed by atoms with Crippen molar-refractivity contribution in [1.82, 2.24) is 14.8 Å². The van der Waals surface area contributed by atoms with Gasteiger partial charge in [-0.1, -0.05) is 24.6 Å². The topological polar surface area (TPSA) is 59.8 Å². The zero-order chi connectivity index (χ0) is 14.8. The Morgan fingerprint density at radius 1 is 1.24 bits per heavy atom. The molecule has 0 radical (unpaired) electrons. The number of amides is 1. The van der Waals surface area contributed by atoms with E-state index in [1.54, 1.807) is 0 Å². The van der Waals surface area contributed by atoms with Gasteiger partial charge in [0, 0.05) is 24.6 Å². The first-order valence-electron chi connectivity index (χ1n) is 7.38. The van der Waals surface area contributed by atoms with Crippen molar-refractivity contribution in [3.8, 4) is 0 Å². The summed E-state index contributed by atoms with van der Waals surface area (Å²) in [5.41, 5.74) is 0.849. The molecule has 0 bridgehead atoms. The van der Waals surface area contributed by atoms with Crippen molar-refractivity contribution in [2.75, 3.05) is 5.32 Å². The Balaban J connectivity index is 1.78. The van der Waals surface area contributed by atoms with Crippen LogP contribution in [0.15, 0.2) is 30.3 Å². The van der Waals surface area contributed by atoms with Crippen LogP contribution in [-0.4, -0.2) is 20.7 Å². The molecule has 1 heterocycles. The molecule has 0 saturated heterocycles. The van der Waals surface area contributed by atoms with Gasteiger partial charge in [0.15, 0.2) is 0 Å². The van der Waals surface area contributed by atoms with Crippen molar-refractivity contribution in [3.05, 3.63) is 42.0 Å². The largest absolute Gasteiger partial charge is 0.326 e. The predicted octanol–water partition coefficient (Wildman–Crippen LogP) is 2.65. The maximum atomic E-state index is 12.5. The van der Waals surface area contributed by atoms with Crippen molar-refractivity contribution in [2.45, 2.75) is 32.1 Å². The van der Waals surface area contributed by atoms with Gasteiger partial charge >= 0.3 is 0 Å². The fourth-order valence-corrected chi connectivity index (χ4v) is 3.09. The Morgan fingerprint density at radius 3 is 2.67 bits per heavy atom. The number of nitrogens with one attached hydrogen (secondary N) is 1. The Hall–Kier alpha value is -2.17. The number of aryl methyl sites for hydroxylation is 1. The minimum absolute atomic E-state index is 0.0208. The fourth-order valence-electron chi connectivity index (χ4n) is 3.09. The lowest BCUT2D eigenvalue weighted by Crippen LogP contribution is -2.26. The van der Waals surface area contributed by atoms with Gasteiger partial charge in [-0.05, 0) is 31.9 Å². The lowest BCUT2D eigenvalue weighted by Gasteiger charge is -2.18. The molecule has 0 unspecified atom stereocenters. The van der Waals surface area contributed by atoms with Crippen molar-refractivity contribution in [3.63, 3.8) is 0 Å². The van der Waals surface area contributed by atoms with Crippen LogP contribution in [0, 0.1) is 12.8 Å². The summed E-state index contributed by atoms with van der Waals surface area (Å²) in [4.78, 5) is 12.5. The first-order chi connectivity index (χ1) is 10.2. The van der Waals surface area contributed by atoms with Crippen LogP contribution in [0.4, 0.5) is 5.69 Å². The molecule has 1 N–H and O–H groups in total. The lowest BCUT2D eigenvalue weighted by atomic mass is 9.94. The number of benzene rings is 1. The SMILES string of the molecule is Cc1nnc([C@H]2CCC[C@@H]2C(=O)Nc2ccccc2)n1C. The molecule has 21 heavy (non-hydrogen) atoms. The number of rotatable bonds is 3. The fraction of sp³-hybridized carbons (Fsp3) is 0.438. The van der Waals surface area contributed by atoms with Crippen LogP contribution < -0.4 is 5.32 Å². The number of anilines is 1. The maximum Gasteiger partial charge on any atom is 0.228 e. The van der Waals surface area contributed by atoms with Gasteiger partial charge in [-0.2, -0.15) is 0 Å². The lowest BCUT2D eigenvalue weighted by molar-refractivity contribution is -0.120. The van der Waals surface area contributed by atoms with E-state index in [1.807, 2.05) is 48.9 Å². The van der Waals surface area contributed by atoms with Gasteiger partial charge in [0.05, 0.1) is 0 Å². The Labute approximate surface area is 124 Å². The van der Waals surface area contributed by atoms with E-state index < -0.39 is 0 Å². The smallest absolute Gasteiger partial charge is 0.228 e. The number of para-hydroxylation sites is 1. The summed E-state index contributed by atoms with van der Waals surface area (Å²) in [6.07, 6.45) is 2.97. The Bertz CT molecular complexity index is 635. The summed E-state index contributed by atoms with van der Waals surface area (Å²) in [7, 11) is 1.97. The molecule has 0 spiro atoms. The van der Waals surface area contributed by atoms with Crippen LogP contribution in [0.5, 0.6) is 0 Å². The summed E-state index contributed by atoms with van der Waals surface area (Å²) in [5.74, 6) is 2.05. The van der Waals surface area contributed by atoms with Crippen molar-refractivity contribution in [2.24, 2.45) is 13.0 Å². The third-order valence-corrected chi connectivity index (χ3v) is 4.35. The third-order valence-electron chi connectivity index (χ3n) is 4.35. The highest BCUT2D eigenvalue weighted by Crippen LogP contribution is 2.39. The van der Waals surface area contributed by atoms with Crippen molar-refractivity contribution >= 4 is 11.6 Å². The van der Waals surface area contributed by atoms with Crippen LogP contribution in [0.3, 0.4) is 0 Å². The molecule has 1 aromatic heterocycles. The molecule has 2 atom stereocenters. The summed E-state index contributed by atoms with van der Waals surface area (Å²) >= 11 is 0. The number of carbonyl (C=O) groups excluding carboxylic acids is 1. The molecule has 3 rings (SSSR count). The molecule has 5 nitrogen and oxygen atoms in total. The monoisotopic (exact) mass is 284 g/mol. The quantitative estimate of drug-likeness (QED) is 0.942. The first kappa shape index (κ1) is 13.8. The van der Waals surface area contributed by atoms with Gasteiger partial charge in [0.25, 0.3) is 0 Å². The predicted molar refractivity (Wildman–Crippen MR) is 80.9 cm³/mol. The highest BCUT2D eigenvalue weighted by atomic mass is 16.1. The summed E-state index contributed by atoms with van der Waals surface area (Å²) in [6, 6.07) is 9.61. The molecular weight excluding hydrogens is 264 g/mol. The average Bonchev–Trinajstić information content (AvgIpc) is 3.08. The second kappa shape index (κ2) is 5.68. The summed E-state index contributed by atoms with van der Waals surface area (Å²) in [5, 5.41) is 11.4. The van der Waals surface area contributed by atoms with E-state index in [-0.39, 0.29) is 17.7 Å². The molecule has 1 fully saturated rings. The van der Waals surface area contributed by atoms with Gasteiger partial charge in [-0.15, -0.1) is 10.2 Å². The van der Waals surface area contributed by atoms with E-state index in [0.717, 1.165) is 36.6 Å². The highest BCUT2D eigenvalue weighted by molar-refractivity contribution is 5.93. The second-order valence-corrected chi connectivity index (χ2v) is 5.66. The first-order valence-corrected chi connectivity index (χ1v) is 7.38. The number of nitrogens with zero attached hydrogens (tertiary/aromatic N) is 3. The van der Waals surface area contributed by atoms with E-state index in [9.17, 15) is 4.79 Å². The molecule has 5 heteroatoms. The number of aromatic nitrogens is 3.